The van der Waals surface area contributed by atoms with Crippen LogP contribution in [0, 0.1) is 5.82 Å². The number of aryl methyl sites for hydroxylation is 1. The number of hydrogen-bond acceptors (Lipinski definition) is 5. The fourth-order valence-electron chi connectivity index (χ4n) is 2.41. The van der Waals surface area contributed by atoms with Crippen LogP contribution in [0.4, 0.5) is 15.1 Å². The first-order chi connectivity index (χ1) is 11.5. The van der Waals surface area contributed by atoms with Gasteiger partial charge in [0.1, 0.15) is 16.4 Å². The van der Waals surface area contributed by atoms with Crippen molar-refractivity contribution < 1.29 is 13.9 Å². The predicted molar refractivity (Wildman–Crippen MR) is 91.0 cm³/mol. The number of ether oxygens (including phenoxy) is 1. The Morgan fingerprint density at radius 1 is 1.38 bits per heavy atom. The third kappa shape index (κ3) is 3.17. The van der Waals surface area contributed by atoms with Gasteiger partial charge in [0.2, 0.25) is 0 Å². The number of halogens is 2. The molecule has 1 aromatic heterocycles. The van der Waals surface area contributed by atoms with Gasteiger partial charge in [-0.15, -0.1) is 0 Å². The molecule has 1 fully saturated rings. The lowest BCUT2D eigenvalue weighted by atomic mass is 10.2. The van der Waals surface area contributed by atoms with Gasteiger partial charge >= 0.3 is 0 Å². The standard InChI is InChI=1S/C15H15ClFN3O3S/c1-19-14(21)11(15(22)20-5-7-23-8-6-20)13(24-19)18-12-9(16)3-2-4-10(12)17/h2-4,18H,5-8H2,1H3. The van der Waals surface area contributed by atoms with Gasteiger partial charge in [0.05, 0.1) is 23.9 Å². The normalized spacial score (nSPS) is 14.7. The number of rotatable bonds is 3. The summed E-state index contributed by atoms with van der Waals surface area (Å²) in [7, 11) is 1.55. The Morgan fingerprint density at radius 3 is 2.75 bits per heavy atom. The van der Waals surface area contributed by atoms with E-state index in [1.165, 1.54) is 22.2 Å². The third-order valence-corrected chi connectivity index (χ3v) is 4.91. The molecule has 1 aliphatic rings. The summed E-state index contributed by atoms with van der Waals surface area (Å²) < 4.78 is 20.5. The number of aromatic nitrogens is 1. The molecule has 0 radical (unpaired) electrons. The Kier molecular flexibility index (Phi) is 4.88. The topological polar surface area (TPSA) is 63.6 Å². The van der Waals surface area contributed by atoms with Crippen LogP contribution in [0.3, 0.4) is 0 Å². The van der Waals surface area contributed by atoms with Gasteiger partial charge in [-0.05, 0) is 23.7 Å². The number of carbonyl (C=O) groups excluding carboxylic acids is 1. The molecule has 0 unspecified atom stereocenters. The van der Waals surface area contributed by atoms with E-state index in [9.17, 15) is 14.0 Å². The molecule has 9 heteroatoms. The van der Waals surface area contributed by atoms with Gasteiger partial charge in [0, 0.05) is 20.1 Å². The molecule has 1 amide bonds. The molecule has 0 saturated carbocycles. The number of amides is 1. The summed E-state index contributed by atoms with van der Waals surface area (Å²) in [4.78, 5) is 26.6. The van der Waals surface area contributed by atoms with Crippen molar-refractivity contribution in [2.75, 3.05) is 31.6 Å². The van der Waals surface area contributed by atoms with Crippen molar-refractivity contribution in [3.05, 3.63) is 45.0 Å². The molecule has 128 valence electrons. The number of nitrogens with zero attached hydrogens (tertiary/aromatic N) is 2. The number of hydrogen-bond donors (Lipinski definition) is 1. The number of para-hydroxylation sites is 1. The molecule has 0 bridgehead atoms. The highest BCUT2D eigenvalue weighted by Gasteiger charge is 2.27. The Hall–Kier alpha value is -1.90. The summed E-state index contributed by atoms with van der Waals surface area (Å²) in [5.74, 6) is -0.953. The summed E-state index contributed by atoms with van der Waals surface area (Å²) >= 11 is 7.05. The summed E-state index contributed by atoms with van der Waals surface area (Å²) in [6.07, 6.45) is 0. The zero-order valence-electron chi connectivity index (χ0n) is 12.8. The minimum atomic E-state index is -0.559. The van der Waals surface area contributed by atoms with Gasteiger partial charge in [-0.1, -0.05) is 17.7 Å². The minimum Gasteiger partial charge on any atom is -0.378 e. The highest BCUT2D eigenvalue weighted by atomic mass is 35.5. The van der Waals surface area contributed by atoms with Gasteiger partial charge in [-0.3, -0.25) is 13.5 Å². The molecule has 1 aromatic carbocycles. The zero-order chi connectivity index (χ0) is 17.3. The quantitative estimate of drug-likeness (QED) is 0.900. The van der Waals surface area contributed by atoms with E-state index in [4.69, 9.17) is 16.3 Å². The molecule has 0 atom stereocenters. The molecule has 3 rings (SSSR count). The Labute approximate surface area is 146 Å². The first-order valence-electron chi connectivity index (χ1n) is 7.27. The van der Waals surface area contributed by atoms with Crippen molar-refractivity contribution in [2.45, 2.75) is 0 Å². The number of nitrogens with one attached hydrogen (secondary N) is 1. The van der Waals surface area contributed by atoms with Gasteiger partial charge in [0.15, 0.2) is 0 Å². The molecular formula is C15H15ClFN3O3S. The number of carbonyl (C=O) groups is 1. The number of benzene rings is 1. The van der Waals surface area contributed by atoms with Crippen LogP contribution in [0.25, 0.3) is 0 Å². The first-order valence-corrected chi connectivity index (χ1v) is 8.42. The van der Waals surface area contributed by atoms with Crippen LogP contribution in [0.15, 0.2) is 23.0 Å². The van der Waals surface area contributed by atoms with Crippen molar-refractivity contribution in [1.82, 2.24) is 8.86 Å². The fourth-order valence-corrected chi connectivity index (χ4v) is 3.48. The Bertz CT molecular complexity index is 810. The van der Waals surface area contributed by atoms with Gasteiger partial charge < -0.3 is 15.0 Å². The van der Waals surface area contributed by atoms with Gasteiger partial charge in [-0.2, -0.15) is 0 Å². The molecule has 1 aliphatic heterocycles. The van der Waals surface area contributed by atoms with E-state index >= 15 is 0 Å². The van der Waals surface area contributed by atoms with Crippen LogP contribution in [0.2, 0.25) is 5.02 Å². The van der Waals surface area contributed by atoms with E-state index in [-0.39, 0.29) is 21.3 Å². The van der Waals surface area contributed by atoms with Crippen molar-refractivity contribution in [3.8, 4) is 0 Å². The van der Waals surface area contributed by atoms with Crippen LogP contribution >= 0.6 is 23.1 Å². The summed E-state index contributed by atoms with van der Waals surface area (Å²) in [5, 5.41) is 3.24. The summed E-state index contributed by atoms with van der Waals surface area (Å²) in [6, 6.07) is 4.27. The van der Waals surface area contributed by atoms with Crippen molar-refractivity contribution in [2.24, 2.45) is 7.05 Å². The van der Waals surface area contributed by atoms with E-state index in [1.807, 2.05) is 0 Å². The maximum atomic E-state index is 14.0. The van der Waals surface area contributed by atoms with Crippen LogP contribution in [0.1, 0.15) is 10.4 Å². The van der Waals surface area contributed by atoms with E-state index in [0.717, 1.165) is 11.5 Å². The zero-order valence-corrected chi connectivity index (χ0v) is 14.4. The van der Waals surface area contributed by atoms with E-state index in [1.54, 1.807) is 11.9 Å². The van der Waals surface area contributed by atoms with Crippen molar-refractivity contribution >= 4 is 39.7 Å². The molecule has 2 heterocycles. The summed E-state index contributed by atoms with van der Waals surface area (Å²) in [6.45, 7) is 1.69. The fraction of sp³-hybridized carbons (Fsp3) is 0.333. The highest BCUT2D eigenvalue weighted by Crippen LogP contribution is 2.31. The maximum absolute atomic E-state index is 14.0. The van der Waals surface area contributed by atoms with Crippen LogP contribution in [-0.2, 0) is 11.8 Å². The smallest absolute Gasteiger partial charge is 0.275 e. The molecule has 24 heavy (non-hydrogen) atoms. The number of morpholine rings is 1. The molecule has 1 saturated heterocycles. The molecule has 0 spiro atoms. The monoisotopic (exact) mass is 371 g/mol. The maximum Gasteiger partial charge on any atom is 0.275 e. The molecule has 2 aromatic rings. The minimum absolute atomic E-state index is 0.0104. The second kappa shape index (κ2) is 6.92. The van der Waals surface area contributed by atoms with E-state index < -0.39 is 17.3 Å². The SMILES string of the molecule is Cn1sc(Nc2c(F)cccc2Cl)c(C(=O)N2CCOCC2)c1=O. The van der Waals surface area contributed by atoms with Gasteiger partial charge in [0.25, 0.3) is 11.5 Å². The largest absolute Gasteiger partial charge is 0.378 e. The van der Waals surface area contributed by atoms with Gasteiger partial charge in [-0.25, -0.2) is 4.39 Å². The molecule has 1 N–H and O–H groups in total. The van der Waals surface area contributed by atoms with E-state index in [0.29, 0.717) is 26.3 Å². The highest BCUT2D eigenvalue weighted by molar-refractivity contribution is 7.11. The van der Waals surface area contributed by atoms with E-state index in [2.05, 4.69) is 5.32 Å². The lowest BCUT2D eigenvalue weighted by Crippen LogP contribution is -2.42. The predicted octanol–water partition coefficient (Wildman–Crippen LogP) is 2.46. The average molecular weight is 372 g/mol. The Morgan fingerprint density at radius 2 is 2.08 bits per heavy atom. The lowest BCUT2D eigenvalue weighted by Gasteiger charge is -2.26. The average Bonchev–Trinajstić information content (AvgIpc) is 2.85. The first kappa shape index (κ1) is 16.9. The lowest BCUT2D eigenvalue weighted by molar-refractivity contribution is 0.0302. The van der Waals surface area contributed by atoms with Crippen LogP contribution < -0.4 is 10.9 Å². The summed E-state index contributed by atoms with van der Waals surface area (Å²) in [5.41, 5.74) is -0.396. The van der Waals surface area contributed by atoms with Crippen molar-refractivity contribution in [3.63, 3.8) is 0 Å². The third-order valence-electron chi connectivity index (χ3n) is 3.67. The Balaban J connectivity index is 1.99. The molecule has 6 nitrogen and oxygen atoms in total. The second-order valence-electron chi connectivity index (χ2n) is 5.22. The number of anilines is 2. The van der Waals surface area contributed by atoms with Crippen molar-refractivity contribution in [1.29, 1.82) is 0 Å². The molecule has 0 aliphatic carbocycles. The molecular weight excluding hydrogens is 357 g/mol. The van der Waals surface area contributed by atoms with Crippen LogP contribution in [-0.4, -0.2) is 41.1 Å². The van der Waals surface area contributed by atoms with Crippen LogP contribution in [0.5, 0.6) is 0 Å². The second-order valence-corrected chi connectivity index (χ2v) is 6.77.